The van der Waals surface area contributed by atoms with E-state index >= 15 is 0 Å². The maximum absolute atomic E-state index is 12.5. The maximum Gasteiger partial charge on any atom is 0.223 e. The predicted octanol–water partition coefficient (Wildman–Crippen LogP) is 3.14. The number of nitrogens with one attached hydrogen (secondary N) is 1. The summed E-state index contributed by atoms with van der Waals surface area (Å²) in [6, 6.07) is 4.61. The number of piperidine rings is 1. The Balaban J connectivity index is 1.45. The van der Waals surface area contributed by atoms with Crippen LogP contribution in [0.5, 0.6) is 5.88 Å². The first-order valence-corrected chi connectivity index (χ1v) is 9.86. The first-order valence-electron chi connectivity index (χ1n) is 9.86. The van der Waals surface area contributed by atoms with Crippen molar-refractivity contribution in [2.24, 2.45) is 5.92 Å². The van der Waals surface area contributed by atoms with Crippen LogP contribution in [-0.4, -0.2) is 41.5 Å². The summed E-state index contributed by atoms with van der Waals surface area (Å²) in [5, 5.41) is 3.08. The SMILES string of the molecule is CCOc1ncccc1CNC(=O)C1CCN(C2CCCCC2)CC1. The van der Waals surface area contributed by atoms with Crippen LogP contribution in [0, 0.1) is 5.92 Å². The molecule has 1 aliphatic heterocycles. The minimum absolute atomic E-state index is 0.145. The van der Waals surface area contributed by atoms with Gasteiger partial charge in [-0.1, -0.05) is 25.3 Å². The first-order chi connectivity index (χ1) is 12.3. The van der Waals surface area contributed by atoms with Gasteiger partial charge in [-0.25, -0.2) is 4.98 Å². The molecule has 1 amide bonds. The van der Waals surface area contributed by atoms with Crippen molar-refractivity contribution in [2.75, 3.05) is 19.7 Å². The number of rotatable bonds is 6. The molecule has 1 saturated heterocycles. The number of nitrogens with zero attached hydrogens (tertiary/aromatic N) is 2. The highest BCUT2D eigenvalue weighted by atomic mass is 16.5. The molecule has 0 unspecified atom stereocenters. The van der Waals surface area contributed by atoms with Crippen molar-refractivity contribution in [3.8, 4) is 5.88 Å². The smallest absolute Gasteiger partial charge is 0.223 e. The molecule has 5 heteroatoms. The number of likely N-dealkylation sites (tertiary alicyclic amines) is 1. The van der Waals surface area contributed by atoms with Crippen LogP contribution in [0.15, 0.2) is 18.3 Å². The van der Waals surface area contributed by atoms with Gasteiger partial charge in [0, 0.05) is 30.3 Å². The average molecular weight is 345 g/mol. The molecule has 2 fully saturated rings. The molecule has 1 saturated carbocycles. The minimum Gasteiger partial charge on any atom is -0.478 e. The van der Waals surface area contributed by atoms with Gasteiger partial charge in [0.05, 0.1) is 6.61 Å². The topological polar surface area (TPSA) is 54.5 Å². The van der Waals surface area contributed by atoms with E-state index in [2.05, 4.69) is 15.2 Å². The van der Waals surface area contributed by atoms with E-state index in [0.29, 0.717) is 19.0 Å². The van der Waals surface area contributed by atoms with Crippen molar-refractivity contribution in [3.05, 3.63) is 23.9 Å². The highest BCUT2D eigenvalue weighted by Gasteiger charge is 2.29. The fraction of sp³-hybridized carbons (Fsp3) is 0.700. The summed E-state index contributed by atoms with van der Waals surface area (Å²) in [6.45, 7) is 5.15. The van der Waals surface area contributed by atoms with Gasteiger partial charge in [0.15, 0.2) is 0 Å². The monoisotopic (exact) mass is 345 g/mol. The van der Waals surface area contributed by atoms with E-state index in [1.54, 1.807) is 6.20 Å². The molecule has 0 atom stereocenters. The van der Waals surface area contributed by atoms with Crippen LogP contribution in [0.25, 0.3) is 0 Å². The number of amides is 1. The van der Waals surface area contributed by atoms with Crippen molar-refractivity contribution in [3.63, 3.8) is 0 Å². The molecule has 25 heavy (non-hydrogen) atoms. The fourth-order valence-corrected chi connectivity index (χ4v) is 4.13. The molecule has 1 aliphatic carbocycles. The third-order valence-electron chi connectivity index (χ3n) is 5.58. The predicted molar refractivity (Wildman–Crippen MR) is 98.4 cm³/mol. The third-order valence-corrected chi connectivity index (χ3v) is 5.58. The van der Waals surface area contributed by atoms with Crippen LogP contribution in [0.2, 0.25) is 0 Å². The standard InChI is InChI=1S/C20H31N3O2/c1-2-25-20-17(7-6-12-21-20)15-22-19(24)16-10-13-23(14-11-16)18-8-4-3-5-9-18/h6-7,12,16,18H,2-5,8-11,13-15H2,1H3,(H,22,24). The molecule has 2 aliphatic rings. The molecule has 0 spiro atoms. The van der Waals surface area contributed by atoms with Crippen LogP contribution in [0.3, 0.4) is 0 Å². The zero-order valence-electron chi connectivity index (χ0n) is 15.4. The quantitative estimate of drug-likeness (QED) is 0.860. The molecule has 2 heterocycles. The Morgan fingerprint density at radius 3 is 2.72 bits per heavy atom. The Morgan fingerprint density at radius 2 is 2.00 bits per heavy atom. The van der Waals surface area contributed by atoms with E-state index in [4.69, 9.17) is 4.74 Å². The lowest BCUT2D eigenvalue weighted by Crippen LogP contribution is -2.45. The Bertz CT molecular complexity index is 550. The van der Waals surface area contributed by atoms with Crippen molar-refractivity contribution >= 4 is 5.91 Å². The molecular weight excluding hydrogens is 314 g/mol. The highest BCUT2D eigenvalue weighted by molar-refractivity contribution is 5.78. The number of carbonyl (C=O) groups is 1. The van der Waals surface area contributed by atoms with Gasteiger partial charge < -0.3 is 15.0 Å². The van der Waals surface area contributed by atoms with Crippen molar-refractivity contribution in [2.45, 2.75) is 64.5 Å². The highest BCUT2D eigenvalue weighted by Crippen LogP contribution is 2.27. The summed E-state index contributed by atoms with van der Waals surface area (Å²) in [5.74, 6) is 0.944. The van der Waals surface area contributed by atoms with Crippen molar-refractivity contribution in [1.82, 2.24) is 15.2 Å². The zero-order chi connectivity index (χ0) is 17.5. The minimum atomic E-state index is 0.145. The second-order valence-electron chi connectivity index (χ2n) is 7.22. The van der Waals surface area contributed by atoms with Crippen LogP contribution in [0.4, 0.5) is 0 Å². The molecule has 0 bridgehead atoms. The number of hydrogen-bond donors (Lipinski definition) is 1. The average Bonchev–Trinajstić information content (AvgIpc) is 2.68. The van der Waals surface area contributed by atoms with Gasteiger partial charge >= 0.3 is 0 Å². The van der Waals surface area contributed by atoms with E-state index in [1.807, 2.05) is 19.1 Å². The van der Waals surface area contributed by atoms with Crippen molar-refractivity contribution < 1.29 is 9.53 Å². The zero-order valence-corrected chi connectivity index (χ0v) is 15.4. The number of ether oxygens (including phenoxy) is 1. The van der Waals surface area contributed by atoms with Gasteiger partial charge in [0.25, 0.3) is 0 Å². The Hall–Kier alpha value is -1.62. The summed E-state index contributed by atoms with van der Waals surface area (Å²) in [6.07, 6.45) is 10.5. The molecule has 1 aromatic rings. The number of aromatic nitrogens is 1. The molecule has 0 radical (unpaired) electrons. The van der Waals surface area contributed by atoms with E-state index in [1.165, 1.54) is 32.1 Å². The summed E-state index contributed by atoms with van der Waals surface area (Å²) >= 11 is 0. The summed E-state index contributed by atoms with van der Waals surface area (Å²) < 4.78 is 5.53. The number of pyridine rings is 1. The summed E-state index contributed by atoms with van der Waals surface area (Å²) in [4.78, 5) is 19.4. The van der Waals surface area contributed by atoms with E-state index < -0.39 is 0 Å². The number of hydrogen-bond acceptors (Lipinski definition) is 4. The van der Waals surface area contributed by atoms with Gasteiger partial charge in [-0.3, -0.25) is 4.79 Å². The molecule has 0 aromatic carbocycles. The normalized spacial score (nSPS) is 20.4. The van der Waals surface area contributed by atoms with E-state index in [9.17, 15) is 4.79 Å². The molecule has 1 N–H and O–H groups in total. The van der Waals surface area contributed by atoms with Gasteiger partial charge in [0.2, 0.25) is 11.8 Å². The third kappa shape index (κ3) is 4.94. The molecular formula is C20H31N3O2. The second-order valence-corrected chi connectivity index (χ2v) is 7.22. The molecule has 3 rings (SSSR count). The first kappa shape index (κ1) is 18.2. The van der Waals surface area contributed by atoms with Gasteiger partial charge in [-0.15, -0.1) is 0 Å². The lowest BCUT2D eigenvalue weighted by molar-refractivity contribution is -0.126. The van der Waals surface area contributed by atoms with Gasteiger partial charge in [-0.05, 0) is 51.8 Å². The van der Waals surface area contributed by atoms with E-state index in [-0.39, 0.29) is 11.8 Å². The largest absolute Gasteiger partial charge is 0.478 e. The molecule has 1 aromatic heterocycles. The number of carbonyl (C=O) groups excluding carboxylic acids is 1. The Labute approximate surface area is 151 Å². The maximum atomic E-state index is 12.5. The van der Waals surface area contributed by atoms with Crippen LogP contribution in [0.1, 0.15) is 57.4 Å². The van der Waals surface area contributed by atoms with E-state index in [0.717, 1.165) is 37.5 Å². The fourth-order valence-electron chi connectivity index (χ4n) is 4.13. The van der Waals surface area contributed by atoms with Gasteiger partial charge in [-0.2, -0.15) is 0 Å². The lowest BCUT2D eigenvalue weighted by Gasteiger charge is -2.38. The summed E-state index contributed by atoms with van der Waals surface area (Å²) in [5.41, 5.74) is 0.942. The van der Waals surface area contributed by atoms with Crippen LogP contribution >= 0.6 is 0 Å². The lowest BCUT2D eigenvalue weighted by atomic mass is 9.90. The van der Waals surface area contributed by atoms with Gasteiger partial charge in [0.1, 0.15) is 0 Å². The Kier molecular flexibility index (Phi) is 6.68. The second kappa shape index (κ2) is 9.18. The van der Waals surface area contributed by atoms with Crippen molar-refractivity contribution in [1.29, 1.82) is 0 Å². The molecule has 138 valence electrons. The molecule has 5 nitrogen and oxygen atoms in total. The Morgan fingerprint density at radius 1 is 1.24 bits per heavy atom. The summed E-state index contributed by atoms with van der Waals surface area (Å²) in [7, 11) is 0. The van der Waals surface area contributed by atoms with Crippen LogP contribution in [-0.2, 0) is 11.3 Å². The van der Waals surface area contributed by atoms with Crippen LogP contribution < -0.4 is 10.1 Å².